The maximum atomic E-state index is 12.3. The van der Waals surface area contributed by atoms with Crippen LogP contribution in [0.5, 0.6) is 5.75 Å². The number of ether oxygens (including phenoxy) is 1. The molecule has 1 N–H and O–H groups in total. The summed E-state index contributed by atoms with van der Waals surface area (Å²) in [5.74, 6) is 0.577. The predicted octanol–water partition coefficient (Wildman–Crippen LogP) is 1.56. The van der Waals surface area contributed by atoms with Crippen LogP contribution < -0.4 is 14.4 Å². The number of carbonyl (C=O) groups is 1. The Labute approximate surface area is 141 Å². The van der Waals surface area contributed by atoms with Crippen LogP contribution in [0, 0.1) is 0 Å². The Bertz CT molecular complexity index is 847. The van der Waals surface area contributed by atoms with Gasteiger partial charge in [-0.1, -0.05) is 18.2 Å². The van der Waals surface area contributed by atoms with Crippen LogP contribution in [0.1, 0.15) is 5.56 Å². The van der Waals surface area contributed by atoms with Crippen LogP contribution in [0.25, 0.3) is 0 Å². The van der Waals surface area contributed by atoms with E-state index in [1.54, 1.807) is 17.0 Å². The van der Waals surface area contributed by atoms with Gasteiger partial charge in [-0.3, -0.25) is 4.79 Å². The van der Waals surface area contributed by atoms with E-state index in [1.807, 2.05) is 24.3 Å². The molecular weight excluding hydrogens is 328 g/mol. The van der Waals surface area contributed by atoms with Crippen LogP contribution >= 0.6 is 0 Å². The number of nitrogens with one attached hydrogen (secondary N) is 1. The van der Waals surface area contributed by atoms with Crippen molar-refractivity contribution in [2.75, 3.05) is 25.1 Å². The summed E-state index contributed by atoms with van der Waals surface area (Å²) in [5.41, 5.74) is 1.83. The van der Waals surface area contributed by atoms with E-state index in [2.05, 4.69) is 4.72 Å². The molecule has 0 radical (unpaired) electrons. The highest BCUT2D eigenvalue weighted by Gasteiger charge is 2.26. The standard InChI is InChI=1S/C17H18N2O4S/c1-23-14-6-8-15(9-7-14)24(21,22)18-10-11-19-16-5-3-2-4-13(16)12-17(19)20/h2-9,18H,10-12H2,1H3. The molecule has 0 saturated heterocycles. The zero-order chi connectivity index (χ0) is 17.2. The fraction of sp³-hybridized carbons (Fsp3) is 0.235. The van der Waals surface area contributed by atoms with Crippen LogP contribution in [0.4, 0.5) is 5.69 Å². The SMILES string of the molecule is COc1ccc(S(=O)(=O)NCCN2C(=O)Cc3ccccc32)cc1. The minimum Gasteiger partial charge on any atom is -0.497 e. The van der Waals surface area contributed by atoms with Gasteiger partial charge in [-0.2, -0.15) is 0 Å². The molecule has 1 aliphatic heterocycles. The molecule has 2 aromatic carbocycles. The number of hydrogen-bond acceptors (Lipinski definition) is 4. The van der Waals surface area contributed by atoms with Crippen molar-refractivity contribution in [3.63, 3.8) is 0 Å². The fourth-order valence-electron chi connectivity index (χ4n) is 2.69. The number of amides is 1. The average molecular weight is 346 g/mol. The minimum absolute atomic E-state index is 0.0140. The number of methoxy groups -OCH3 is 1. The number of carbonyl (C=O) groups excluding carboxylic acids is 1. The highest BCUT2D eigenvalue weighted by atomic mass is 32.2. The van der Waals surface area contributed by atoms with Gasteiger partial charge in [0.25, 0.3) is 0 Å². The summed E-state index contributed by atoms with van der Waals surface area (Å²) in [6.45, 7) is 0.444. The normalized spacial score (nSPS) is 13.9. The van der Waals surface area contributed by atoms with Crippen LogP contribution in [0.3, 0.4) is 0 Å². The van der Waals surface area contributed by atoms with Crippen molar-refractivity contribution in [2.45, 2.75) is 11.3 Å². The lowest BCUT2D eigenvalue weighted by Gasteiger charge is -2.17. The van der Waals surface area contributed by atoms with Gasteiger partial charge >= 0.3 is 0 Å². The number of benzene rings is 2. The molecular formula is C17H18N2O4S. The van der Waals surface area contributed by atoms with Gasteiger partial charge in [0.05, 0.1) is 18.4 Å². The lowest BCUT2D eigenvalue weighted by molar-refractivity contribution is -0.117. The number of anilines is 1. The molecule has 2 aromatic rings. The topological polar surface area (TPSA) is 75.7 Å². The third-order valence-electron chi connectivity index (χ3n) is 3.92. The molecule has 24 heavy (non-hydrogen) atoms. The third kappa shape index (κ3) is 3.27. The second-order valence-electron chi connectivity index (χ2n) is 5.42. The molecule has 126 valence electrons. The van der Waals surface area contributed by atoms with Gasteiger partial charge in [0.1, 0.15) is 5.75 Å². The Kier molecular flexibility index (Phi) is 4.55. The average Bonchev–Trinajstić information content (AvgIpc) is 2.90. The molecule has 0 unspecified atom stereocenters. The van der Waals surface area contributed by atoms with Gasteiger partial charge in [-0.05, 0) is 35.9 Å². The van der Waals surface area contributed by atoms with Crippen molar-refractivity contribution in [3.05, 3.63) is 54.1 Å². The lowest BCUT2D eigenvalue weighted by atomic mass is 10.2. The number of nitrogens with zero attached hydrogens (tertiary/aromatic N) is 1. The van der Waals surface area contributed by atoms with Crippen molar-refractivity contribution in [2.24, 2.45) is 0 Å². The zero-order valence-electron chi connectivity index (χ0n) is 13.2. The summed E-state index contributed by atoms with van der Waals surface area (Å²) < 4.78 is 32.1. The summed E-state index contributed by atoms with van der Waals surface area (Å²) in [5, 5.41) is 0. The van der Waals surface area contributed by atoms with Gasteiger partial charge in [0.15, 0.2) is 0 Å². The molecule has 0 atom stereocenters. The molecule has 1 aliphatic rings. The van der Waals surface area contributed by atoms with Crippen molar-refractivity contribution in [3.8, 4) is 5.75 Å². The Morgan fingerprint density at radius 2 is 1.83 bits per heavy atom. The van der Waals surface area contributed by atoms with Crippen LogP contribution in [-0.4, -0.2) is 34.5 Å². The van der Waals surface area contributed by atoms with Crippen LogP contribution in [0.2, 0.25) is 0 Å². The Morgan fingerprint density at radius 3 is 2.54 bits per heavy atom. The molecule has 1 heterocycles. The highest BCUT2D eigenvalue weighted by molar-refractivity contribution is 7.89. The maximum absolute atomic E-state index is 12.3. The van der Waals surface area contributed by atoms with Crippen molar-refractivity contribution < 1.29 is 17.9 Å². The molecule has 3 rings (SSSR count). The molecule has 0 aliphatic carbocycles. The Hall–Kier alpha value is -2.38. The summed E-state index contributed by atoms with van der Waals surface area (Å²) in [7, 11) is -2.09. The first-order chi connectivity index (χ1) is 11.5. The van der Waals surface area contributed by atoms with Gasteiger partial charge in [0, 0.05) is 18.8 Å². The van der Waals surface area contributed by atoms with E-state index < -0.39 is 10.0 Å². The van der Waals surface area contributed by atoms with E-state index in [1.165, 1.54) is 19.2 Å². The minimum atomic E-state index is -3.62. The van der Waals surface area contributed by atoms with Crippen molar-refractivity contribution in [1.82, 2.24) is 4.72 Å². The molecule has 0 bridgehead atoms. The van der Waals surface area contributed by atoms with Crippen molar-refractivity contribution >= 4 is 21.6 Å². The fourth-order valence-corrected chi connectivity index (χ4v) is 3.71. The van der Waals surface area contributed by atoms with E-state index in [4.69, 9.17) is 4.74 Å². The van der Waals surface area contributed by atoms with Gasteiger partial charge in [0.2, 0.25) is 15.9 Å². The van der Waals surface area contributed by atoms with E-state index in [9.17, 15) is 13.2 Å². The smallest absolute Gasteiger partial charge is 0.240 e. The first-order valence-electron chi connectivity index (χ1n) is 7.53. The first-order valence-corrected chi connectivity index (χ1v) is 9.01. The summed E-state index contributed by atoms with van der Waals surface area (Å²) in [4.78, 5) is 13.8. The number of hydrogen-bond donors (Lipinski definition) is 1. The number of sulfonamides is 1. The van der Waals surface area contributed by atoms with Crippen molar-refractivity contribution in [1.29, 1.82) is 0 Å². The quantitative estimate of drug-likeness (QED) is 0.861. The summed E-state index contributed by atoms with van der Waals surface area (Å²) in [6.07, 6.45) is 0.363. The first kappa shape index (κ1) is 16.5. The molecule has 7 heteroatoms. The van der Waals surface area contributed by atoms with Crippen LogP contribution in [0.15, 0.2) is 53.4 Å². The third-order valence-corrected chi connectivity index (χ3v) is 5.40. The molecule has 0 aromatic heterocycles. The second kappa shape index (κ2) is 6.62. The summed E-state index contributed by atoms with van der Waals surface area (Å²) in [6, 6.07) is 13.7. The monoisotopic (exact) mass is 346 g/mol. The zero-order valence-corrected chi connectivity index (χ0v) is 14.0. The van der Waals surface area contributed by atoms with E-state index in [-0.39, 0.29) is 17.3 Å². The predicted molar refractivity (Wildman–Crippen MR) is 90.7 cm³/mol. The van der Waals surface area contributed by atoms with Gasteiger partial charge in [-0.15, -0.1) is 0 Å². The summed E-state index contributed by atoms with van der Waals surface area (Å²) >= 11 is 0. The van der Waals surface area contributed by atoms with Gasteiger partial charge < -0.3 is 9.64 Å². The molecule has 0 spiro atoms. The Balaban J connectivity index is 1.64. The molecule has 0 fully saturated rings. The number of rotatable bonds is 6. The largest absolute Gasteiger partial charge is 0.497 e. The van der Waals surface area contributed by atoms with E-state index >= 15 is 0 Å². The van der Waals surface area contributed by atoms with Crippen LogP contribution in [-0.2, 0) is 21.2 Å². The van der Waals surface area contributed by atoms with Gasteiger partial charge in [-0.25, -0.2) is 13.1 Å². The molecule has 1 amide bonds. The highest BCUT2D eigenvalue weighted by Crippen LogP contribution is 2.27. The number of para-hydroxylation sites is 1. The Morgan fingerprint density at radius 1 is 1.12 bits per heavy atom. The maximum Gasteiger partial charge on any atom is 0.240 e. The molecule has 6 nitrogen and oxygen atoms in total. The van der Waals surface area contributed by atoms with E-state index in [0.717, 1.165) is 11.3 Å². The molecule has 0 saturated carbocycles. The number of fused-ring (bicyclic) bond motifs is 1. The second-order valence-corrected chi connectivity index (χ2v) is 7.19. The van der Waals surface area contributed by atoms with E-state index in [0.29, 0.717) is 18.7 Å². The lowest BCUT2D eigenvalue weighted by Crippen LogP contribution is -2.36.